The largest absolute Gasteiger partial charge is 0.503 e. The van der Waals surface area contributed by atoms with E-state index in [2.05, 4.69) is 13.8 Å². The van der Waals surface area contributed by atoms with Crippen LogP contribution >= 0.6 is 0 Å². The highest BCUT2D eigenvalue weighted by Crippen LogP contribution is 2.19. The van der Waals surface area contributed by atoms with Crippen LogP contribution in [-0.2, 0) is 22.8 Å². The van der Waals surface area contributed by atoms with Gasteiger partial charge in [-0.2, -0.15) is 0 Å². The van der Waals surface area contributed by atoms with Crippen molar-refractivity contribution in [2.45, 2.75) is 26.8 Å². The second-order valence-corrected chi connectivity index (χ2v) is 6.79. The summed E-state index contributed by atoms with van der Waals surface area (Å²) in [5.41, 5.74) is 0. The van der Waals surface area contributed by atoms with Crippen molar-refractivity contribution in [3.05, 3.63) is 12.2 Å². The predicted octanol–water partition coefficient (Wildman–Crippen LogP) is 1.97. The normalized spacial score (nSPS) is 12.4. The second-order valence-electron chi connectivity index (χ2n) is 3.91. The molecule has 0 amide bonds. The monoisotopic (exact) mass is 262 g/mol. The third kappa shape index (κ3) is 6.57. The van der Waals surface area contributed by atoms with Gasteiger partial charge in [-0.25, -0.2) is 4.79 Å². The van der Waals surface area contributed by atoms with E-state index in [0.29, 0.717) is 12.0 Å². The number of esters is 1. The van der Waals surface area contributed by atoms with Gasteiger partial charge in [0.2, 0.25) is 0 Å². The summed E-state index contributed by atoms with van der Waals surface area (Å²) in [5, 5.41) is 0. The minimum Gasteiger partial charge on any atom is -0.436 e. The average Bonchev–Trinajstić information content (AvgIpc) is 2.27. The Hall–Kier alpha value is -0.693. The predicted molar refractivity (Wildman–Crippen MR) is 66.3 cm³/mol. The summed E-state index contributed by atoms with van der Waals surface area (Å²) in [7, 11) is 0.397. The molecule has 0 spiro atoms. The molecule has 0 aliphatic heterocycles. The summed E-state index contributed by atoms with van der Waals surface area (Å²) in [5.74, 6) is -0.0556. The van der Waals surface area contributed by atoms with Gasteiger partial charge in [0.05, 0.1) is 0 Å². The van der Waals surface area contributed by atoms with E-state index >= 15 is 0 Å². The second kappa shape index (κ2) is 8.41. The Labute approximate surface area is 104 Å². The van der Waals surface area contributed by atoms with E-state index in [4.69, 9.17) is 18.0 Å². The SMILES string of the molecule is CC=CC(=O)OCO[Si](CC(C)C)(OC)OC. The van der Waals surface area contributed by atoms with Crippen molar-refractivity contribution >= 4 is 14.8 Å². The van der Waals surface area contributed by atoms with Crippen LogP contribution in [-0.4, -0.2) is 35.8 Å². The molecule has 5 nitrogen and oxygen atoms in total. The van der Waals surface area contributed by atoms with Gasteiger partial charge in [0.15, 0.2) is 6.79 Å². The summed E-state index contributed by atoms with van der Waals surface area (Å²) < 4.78 is 21.0. The van der Waals surface area contributed by atoms with Crippen molar-refractivity contribution in [3.63, 3.8) is 0 Å². The maximum absolute atomic E-state index is 11.1. The maximum atomic E-state index is 11.1. The zero-order chi connectivity index (χ0) is 13.3. The Kier molecular flexibility index (Phi) is 8.06. The Bertz CT molecular complexity index is 248. The quantitative estimate of drug-likeness (QED) is 0.290. The van der Waals surface area contributed by atoms with E-state index in [9.17, 15) is 4.79 Å². The molecule has 6 heteroatoms. The molecule has 0 aromatic carbocycles. The van der Waals surface area contributed by atoms with Crippen molar-refractivity contribution in [1.82, 2.24) is 0 Å². The van der Waals surface area contributed by atoms with E-state index in [1.807, 2.05) is 0 Å². The molecule has 0 aromatic rings. The summed E-state index contributed by atoms with van der Waals surface area (Å²) in [6.45, 7) is 5.69. The van der Waals surface area contributed by atoms with Crippen LogP contribution in [0.15, 0.2) is 12.2 Å². The first-order valence-corrected chi connectivity index (χ1v) is 7.46. The first kappa shape index (κ1) is 16.3. The lowest BCUT2D eigenvalue weighted by molar-refractivity contribution is -0.146. The number of rotatable bonds is 8. The van der Waals surface area contributed by atoms with Crippen LogP contribution < -0.4 is 0 Å². The summed E-state index contributed by atoms with van der Waals surface area (Å²) in [6, 6.07) is 0.682. The van der Waals surface area contributed by atoms with Crippen molar-refractivity contribution in [1.29, 1.82) is 0 Å². The number of carbonyl (C=O) groups is 1. The Morgan fingerprint density at radius 1 is 1.29 bits per heavy atom. The third-order valence-electron chi connectivity index (χ3n) is 2.06. The third-order valence-corrected chi connectivity index (χ3v) is 5.18. The van der Waals surface area contributed by atoms with Crippen LogP contribution in [0.4, 0.5) is 0 Å². The zero-order valence-corrected chi connectivity index (χ0v) is 12.2. The van der Waals surface area contributed by atoms with Gasteiger partial charge in [0.1, 0.15) is 0 Å². The standard InChI is InChI=1S/C11H22O5Si/c1-6-7-11(12)15-9-16-17(13-4,14-5)8-10(2)3/h6-7,10H,8-9H2,1-5H3. The molecule has 0 saturated heterocycles. The lowest BCUT2D eigenvalue weighted by Crippen LogP contribution is -2.45. The van der Waals surface area contributed by atoms with Crippen LogP contribution in [0.5, 0.6) is 0 Å². The maximum Gasteiger partial charge on any atom is 0.503 e. The van der Waals surface area contributed by atoms with Gasteiger partial charge in [-0.3, -0.25) is 0 Å². The smallest absolute Gasteiger partial charge is 0.436 e. The lowest BCUT2D eigenvalue weighted by Gasteiger charge is -2.27. The van der Waals surface area contributed by atoms with Crippen LogP contribution in [0.25, 0.3) is 0 Å². The van der Waals surface area contributed by atoms with E-state index in [1.54, 1.807) is 27.2 Å². The molecule has 100 valence electrons. The fourth-order valence-electron chi connectivity index (χ4n) is 1.29. The van der Waals surface area contributed by atoms with E-state index < -0.39 is 14.8 Å². The number of hydrogen-bond donors (Lipinski definition) is 0. The Morgan fingerprint density at radius 2 is 1.88 bits per heavy atom. The molecule has 0 saturated carbocycles. The van der Waals surface area contributed by atoms with E-state index in [1.165, 1.54) is 6.08 Å². The van der Waals surface area contributed by atoms with Crippen molar-refractivity contribution in [2.75, 3.05) is 21.0 Å². The highest BCUT2D eigenvalue weighted by atomic mass is 28.4. The molecular weight excluding hydrogens is 240 g/mol. The molecule has 0 aromatic heterocycles. The minimum absolute atomic E-state index is 0.149. The van der Waals surface area contributed by atoms with Gasteiger partial charge < -0.3 is 18.0 Å². The molecule has 0 aliphatic carbocycles. The Morgan fingerprint density at radius 3 is 2.29 bits per heavy atom. The Balaban J connectivity index is 4.21. The zero-order valence-electron chi connectivity index (χ0n) is 11.2. The van der Waals surface area contributed by atoms with E-state index in [-0.39, 0.29) is 6.79 Å². The summed E-state index contributed by atoms with van der Waals surface area (Å²) in [6.07, 6.45) is 2.93. The van der Waals surface area contributed by atoms with Gasteiger partial charge in [-0.15, -0.1) is 0 Å². The molecular formula is C11H22O5Si. The molecule has 0 N–H and O–H groups in total. The van der Waals surface area contributed by atoms with Crippen LogP contribution in [0, 0.1) is 5.92 Å². The molecule has 0 unspecified atom stereocenters. The summed E-state index contributed by atoms with van der Waals surface area (Å²) >= 11 is 0. The molecule has 0 radical (unpaired) electrons. The van der Waals surface area contributed by atoms with Crippen molar-refractivity contribution in [2.24, 2.45) is 5.92 Å². The molecule has 0 aliphatic rings. The van der Waals surface area contributed by atoms with Crippen molar-refractivity contribution < 1.29 is 22.8 Å². The average molecular weight is 262 g/mol. The van der Waals surface area contributed by atoms with Gasteiger partial charge in [-0.05, 0) is 12.8 Å². The number of carbonyl (C=O) groups excluding carboxylic acids is 1. The van der Waals surface area contributed by atoms with Crippen LogP contribution in [0.2, 0.25) is 6.04 Å². The highest BCUT2D eigenvalue weighted by molar-refractivity contribution is 6.60. The molecule has 0 heterocycles. The van der Waals surface area contributed by atoms with Gasteiger partial charge in [-0.1, -0.05) is 19.9 Å². The molecule has 0 rings (SSSR count). The lowest BCUT2D eigenvalue weighted by atomic mass is 10.3. The van der Waals surface area contributed by atoms with Gasteiger partial charge in [0, 0.05) is 26.3 Å². The fourth-order valence-corrected chi connectivity index (χ4v) is 3.38. The van der Waals surface area contributed by atoms with Gasteiger partial charge >= 0.3 is 14.8 Å². The molecule has 0 atom stereocenters. The topological polar surface area (TPSA) is 54.0 Å². The van der Waals surface area contributed by atoms with E-state index in [0.717, 1.165) is 0 Å². The number of hydrogen-bond acceptors (Lipinski definition) is 5. The summed E-state index contributed by atoms with van der Waals surface area (Å²) in [4.78, 5) is 11.1. The number of ether oxygens (including phenoxy) is 1. The highest BCUT2D eigenvalue weighted by Gasteiger charge is 2.40. The minimum atomic E-state index is -2.70. The molecule has 0 fully saturated rings. The first-order chi connectivity index (χ1) is 7.99. The fraction of sp³-hybridized carbons (Fsp3) is 0.727. The molecule has 0 bridgehead atoms. The first-order valence-electron chi connectivity index (χ1n) is 5.53. The molecule has 17 heavy (non-hydrogen) atoms. The van der Waals surface area contributed by atoms with Crippen molar-refractivity contribution in [3.8, 4) is 0 Å². The number of allylic oxidation sites excluding steroid dienone is 1. The van der Waals surface area contributed by atoms with Gasteiger partial charge in [0.25, 0.3) is 0 Å². The van der Waals surface area contributed by atoms with Crippen LogP contribution in [0.3, 0.4) is 0 Å². The van der Waals surface area contributed by atoms with Crippen LogP contribution in [0.1, 0.15) is 20.8 Å².